The number of aliphatic imine (C=N–C) groups is 1. The van der Waals surface area contributed by atoms with E-state index in [1.165, 1.54) is 6.08 Å². The number of hydrogen-bond acceptors (Lipinski definition) is 3. The van der Waals surface area contributed by atoms with E-state index in [1.54, 1.807) is 12.1 Å². The fraction of sp³-hybridized carbons (Fsp3) is 0.200. The third-order valence-electron chi connectivity index (χ3n) is 2.26. The second kappa shape index (κ2) is 3.09. The van der Waals surface area contributed by atoms with Crippen LogP contribution in [-0.2, 0) is 11.8 Å². The predicted octanol–water partition coefficient (Wildman–Crippen LogP) is 1.85. The fourth-order valence-corrected chi connectivity index (χ4v) is 1.43. The molecule has 4 heteroatoms. The van der Waals surface area contributed by atoms with Gasteiger partial charge in [-0.15, -0.1) is 0 Å². The fourth-order valence-electron chi connectivity index (χ4n) is 1.43. The van der Waals surface area contributed by atoms with Gasteiger partial charge in [0.05, 0.1) is 16.7 Å². The van der Waals surface area contributed by atoms with Crippen LogP contribution in [0.2, 0.25) is 0 Å². The van der Waals surface area contributed by atoms with Crippen LogP contribution in [0.25, 0.3) is 11.0 Å². The maximum absolute atomic E-state index is 10.1. The molecule has 14 heavy (non-hydrogen) atoms. The molecule has 0 aliphatic carbocycles. The van der Waals surface area contributed by atoms with E-state index < -0.39 is 0 Å². The molecule has 70 valence electrons. The third kappa shape index (κ3) is 1.22. The van der Waals surface area contributed by atoms with Gasteiger partial charge in [-0.2, -0.15) is 4.99 Å². The number of hydrogen-bond donors (Lipinski definition) is 0. The van der Waals surface area contributed by atoms with Crippen molar-refractivity contribution in [3.05, 3.63) is 24.0 Å². The lowest BCUT2D eigenvalue weighted by molar-refractivity contribution is 0.565. The van der Waals surface area contributed by atoms with Crippen LogP contribution in [0, 0.1) is 6.92 Å². The minimum Gasteiger partial charge on any atom is -0.331 e. The van der Waals surface area contributed by atoms with Gasteiger partial charge in [-0.1, -0.05) is 0 Å². The Kier molecular flexibility index (Phi) is 1.91. The second-order valence-corrected chi connectivity index (χ2v) is 3.09. The highest BCUT2D eigenvalue weighted by Crippen LogP contribution is 2.20. The monoisotopic (exact) mass is 187 g/mol. The molecule has 1 aromatic heterocycles. The molecule has 2 rings (SSSR count). The van der Waals surface area contributed by atoms with E-state index in [9.17, 15) is 4.79 Å². The molecule has 0 radical (unpaired) electrons. The molecule has 2 aromatic rings. The summed E-state index contributed by atoms with van der Waals surface area (Å²) in [6.45, 7) is 1.93. The van der Waals surface area contributed by atoms with Gasteiger partial charge in [0.2, 0.25) is 6.08 Å². The molecule has 0 spiro atoms. The van der Waals surface area contributed by atoms with Gasteiger partial charge in [0.25, 0.3) is 0 Å². The summed E-state index contributed by atoms with van der Waals surface area (Å²) in [5.41, 5.74) is 2.47. The van der Waals surface area contributed by atoms with Gasteiger partial charge < -0.3 is 4.57 Å². The van der Waals surface area contributed by atoms with E-state index in [4.69, 9.17) is 0 Å². The molecule has 0 N–H and O–H groups in total. The van der Waals surface area contributed by atoms with Crippen molar-refractivity contribution in [2.75, 3.05) is 0 Å². The Bertz CT molecular complexity index is 536. The summed E-state index contributed by atoms with van der Waals surface area (Å²) in [4.78, 5) is 17.9. The summed E-state index contributed by atoms with van der Waals surface area (Å²) in [6.07, 6.45) is 1.51. The maximum atomic E-state index is 10.1. The lowest BCUT2D eigenvalue weighted by atomic mass is 10.3. The molecule has 0 amide bonds. The number of aromatic nitrogens is 2. The van der Waals surface area contributed by atoms with Crippen LogP contribution in [0.4, 0.5) is 5.69 Å². The lowest BCUT2D eigenvalue weighted by Crippen LogP contribution is -1.89. The summed E-state index contributed by atoms with van der Waals surface area (Å²) in [7, 11) is 1.95. The first kappa shape index (κ1) is 8.66. The van der Waals surface area contributed by atoms with Crippen molar-refractivity contribution in [1.82, 2.24) is 9.55 Å². The van der Waals surface area contributed by atoms with Gasteiger partial charge in [0.15, 0.2) is 0 Å². The molecule has 0 bridgehead atoms. The Hall–Kier alpha value is -1.93. The van der Waals surface area contributed by atoms with Crippen molar-refractivity contribution in [3.63, 3.8) is 0 Å². The number of nitrogens with zero attached hydrogens (tertiary/aromatic N) is 3. The molecule has 1 aromatic carbocycles. The third-order valence-corrected chi connectivity index (χ3v) is 2.26. The average Bonchev–Trinajstić information content (AvgIpc) is 2.43. The molecule has 0 aliphatic heterocycles. The van der Waals surface area contributed by atoms with E-state index in [1.807, 2.05) is 24.6 Å². The number of aryl methyl sites for hydroxylation is 2. The van der Waals surface area contributed by atoms with Gasteiger partial charge in [-0.3, -0.25) is 0 Å². The number of isocyanates is 1. The highest BCUT2D eigenvalue weighted by atomic mass is 16.1. The minimum atomic E-state index is 0.589. The topological polar surface area (TPSA) is 47.2 Å². The molecule has 0 saturated carbocycles. The minimum absolute atomic E-state index is 0.589. The van der Waals surface area contributed by atoms with Gasteiger partial charge >= 0.3 is 0 Å². The zero-order valence-electron chi connectivity index (χ0n) is 7.98. The van der Waals surface area contributed by atoms with Crippen LogP contribution in [0.3, 0.4) is 0 Å². The molecule has 0 aliphatic rings. The zero-order chi connectivity index (χ0) is 10.1. The van der Waals surface area contributed by atoms with Crippen LogP contribution in [0.5, 0.6) is 0 Å². The molecule has 0 atom stereocenters. The van der Waals surface area contributed by atoms with Gasteiger partial charge in [-0.25, -0.2) is 9.78 Å². The molecular weight excluding hydrogens is 178 g/mol. The van der Waals surface area contributed by atoms with Crippen molar-refractivity contribution in [2.45, 2.75) is 6.92 Å². The molecule has 0 unspecified atom stereocenters. The zero-order valence-corrected chi connectivity index (χ0v) is 7.98. The Morgan fingerprint density at radius 2 is 2.29 bits per heavy atom. The van der Waals surface area contributed by atoms with Crippen LogP contribution < -0.4 is 0 Å². The molecular formula is C10H9N3O. The number of imidazole rings is 1. The Balaban J connectivity index is 2.73. The van der Waals surface area contributed by atoms with Crippen LogP contribution in [0.1, 0.15) is 5.82 Å². The van der Waals surface area contributed by atoms with Gasteiger partial charge in [0, 0.05) is 7.05 Å². The van der Waals surface area contributed by atoms with Crippen LogP contribution >= 0.6 is 0 Å². The second-order valence-electron chi connectivity index (χ2n) is 3.09. The van der Waals surface area contributed by atoms with Crippen LogP contribution in [0.15, 0.2) is 23.2 Å². The number of benzene rings is 1. The summed E-state index contributed by atoms with van der Waals surface area (Å²) in [5.74, 6) is 0.937. The summed E-state index contributed by atoms with van der Waals surface area (Å²) in [5, 5.41) is 0. The van der Waals surface area contributed by atoms with Crippen molar-refractivity contribution in [3.8, 4) is 0 Å². The average molecular weight is 187 g/mol. The number of rotatable bonds is 1. The van der Waals surface area contributed by atoms with E-state index in [-0.39, 0.29) is 0 Å². The SMILES string of the molecule is Cc1nc2cc(N=C=O)ccc2n1C. The Labute approximate surface area is 80.9 Å². The Morgan fingerprint density at radius 3 is 3.00 bits per heavy atom. The van der Waals surface area contributed by atoms with Crippen molar-refractivity contribution in [2.24, 2.45) is 12.0 Å². The van der Waals surface area contributed by atoms with Crippen molar-refractivity contribution >= 4 is 22.8 Å². The normalized spacial score (nSPS) is 10.1. The van der Waals surface area contributed by atoms with E-state index in [0.717, 1.165) is 16.9 Å². The molecule has 1 heterocycles. The molecule has 4 nitrogen and oxygen atoms in total. The van der Waals surface area contributed by atoms with Gasteiger partial charge in [-0.05, 0) is 25.1 Å². The lowest BCUT2D eigenvalue weighted by Gasteiger charge is -1.95. The maximum Gasteiger partial charge on any atom is 0.240 e. The standard InChI is InChI=1S/C10H9N3O/c1-7-12-9-5-8(11-6-14)3-4-10(9)13(7)2/h3-5H,1-2H3. The summed E-state index contributed by atoms with van der Waals surface area (Å²) < 4.78 is 1.99. The quantitative estimate of drug-likeness (QED) is 0.505. The first-order chi connectivity index (χ1) is 6.72. The van der Waals surface area contributed by atoms with Gasteiger partial charge in [0.1, 0.15) is 5.82 Å². The highest BCUT2D eigenvalue weighted by Gasteiger charge is 2.03. The van der Waals surface area contributed by atoms with E-state index in [0.29, 0.717) is 5.69 Å². The Morgan fingerprint density at radius 1 is 1.50 bits per heavy atom. The van der Waals surface area contributed by atoms with Crippen molar-refractivity contribution in [1.29, 1.82) is 0 Å². The molecule has 0 fully saturated rings. The number of carbonyl (C=O) groups excluding carboxylic acids is 1. The smallest absolute Gasteiger partial charge is 0.240 e. The first-order valence-corrected chi connectivity index (χ1v) is 4.23. The van der Waals surface area contributed by atoms with E-state index in [2.05, 4.69) is 9.98 Å². The van der Waals surface area contributed by atoms with Crippen molar-refractivity contribution < 1.29 is 4.79 Å². The highest BCUT2D eigenvalue weighted by molar-refractivity contribution is 5.79. The van der Waals surface area contributed by atoms with E-state index >= 15 is 0 Å². The first-order valence-electron chi connectivity index (χ1n) is 4.23. The predicted molar refractivity (Wildman–Crippen MR) is 53.2 cm³/mol. The summed E-state index contributed by atoms with van der Waals surface area (Å²) in [6, 6.07) is 5.44. The number of fused-ring (bicyclic) bond motifs is 1. The largest absolute Gasteiger partial charge is 0.331 e. The van der Waals surface area contributed by atoms with Crippen LogP contribution in [-0.4, -0.2) is 15.6 Å². The summed E-state index contributed by atoms with van der Waals surface area (Å²) >= 11 is 0. The molecule has 0 saturated heterocycles.